The van der Waals surface area contributed by atoms with Crippen molar-refractivity contribution in [1.82, 2.24) is 19.9 Å². The number of nitrogens with zero attached hydrogens (tertiary/aromatic N) is 5. The molecule has 1 saturated heterocycles. The molecule has 2 saturated carbocycles. The van der Waals surface area contributed by atoms with Gasteiger partial charge in [0, 0.05) is 36.8 Å². The standard InChI is InChI=1S/C21H23ClF2N6O2S/c22-13-7-25-16(26-8-13)12-4-19(5-12)9-30(10-19)18-27-14-6-21(23,24)33(32)15(14)17(28-18)29-20(11-31)2-1-3-20/h7-8,12,31H,1-6,9-11H2,(H,27,28,29)/t33-/m1/s1. The van der Waals surface area contributed by atoms with Crippen LogP contribution in [0.3, 0.4) is 0 Å². The van der Waals surface area contributed by atoms with Gasteiger partial charge in [0.05, 0.1) is 29.3 Å². The molecule has 3 fully saturated rings. The summed E-state index contributed by atoms with van der Waals surface area (Å²) in [4.78, 5) is 19.5. The minimum Gasteiger partial charge on any atom is -0.394 e. The molecule has 1 atom stereocenters. The number of rotatable bonds is 5. The number of hydrogen-bond donors (Lipinski definition) is 2. The van der Waals surface area contributed by atoms with Gasteiger partial charge in [0.15, 0.2) is 0 Å². The van der Waals surface area contributed by atoms with Crippen molar-refractivity contribution in [3.8, 4) is 0 Å². The molecular weight excluding hydrogens is 474 g/mol. The second-order valence-electron chi connectivity index (χ2n) is 9.87. The van der Waals surface area contributed by atoms with E-state index in [-0.39, 0.29) is 34.3 Å². The van der Waals surface area contributed by atoms with Crippen LogP contribution >= 0.6 is 11.6 Å². The molecule has 2 N–H and O–H groups in total. The lowest BCUT2D eigenvalue weighted by Gasteiger charge is -2.58. The van der Waals surface area contributed by atoms with Crippen LogP contribution < -0.4 is 10.2 Å². The lowest BCUT2D eigenvalue weighted by molar-refractivity contribution is 0.0581. The highest BCUT2D eigenvalue weighted by Crippen LogP contribution is 2.56. The topological polar surface area (TPSA) is 104 Å². The summed E-state index contributed by atoms with van der Waals surface area (Å²) in [5, 5.41) is 10.1. The highest BCUT2D eigenvalue weighted by molar-refractivity contribution is 7.86. The fourth-order valence-electron chi connectivity index (χ4n) is 5.48. The SMILES string of the molecule is O=[S@@]1c2c(nc(N3CC4(CC(c5ncc(Cl)cn5)C4)C3)nc2NC2(CO)CCC2)CC1(F)F. The molecular formula is C21H23ClF2N6O2S. The van der Waals surface area contributed by atoms with Gasteiger partial charge in [0.1, 0.15) is 27.3 Å². The number of halogens is 3. The first-order chi connectivity index (χ1) is 15.7. The summed E-state index contributed by atoms with van der Waals surface area (Å²) in [6.07, 6.45) is 6.78. The normalized spacial score (nSPS) is 26.3. The van der Waals surface area contributed by atoms with Crippen LogP contribution in [0.4, 0.5) is 20.5 Å². The maximum Gasteiger partial charge on any atom is 0.331 e. The maximum atomic E-state index is 14.3. The van der Waals surface area contributed by atoms with E-state index in [0.29, 0.717) is 23.8 Å². The van der Waals surface area contributed by atoms with Crippen molar-refractivity contribution >= 4 is 34.2 Å². The third-order valence-corrected chi connectivity index (χ3v) is 9.13. The van der Waals surface area contributed by atoms with Crippen molar-refractivity contribution in [2.75, 3.05) is 29.9 Å². The van der Waals surface area contributed by atoms with Crippen LogP contribution in [0.5, 0.6) is 0 Å². The zero-order chi connectivity index (χ0) is 23.0. The van der Waals surface area contributed by atoms with Gasteiger partial charge in [-0.1, -0.05) is 11.6 Å². The quantitative estimate of drug-likeness (QED) is 0.651. The van der Waals surface area contributed by atoms with Gasteiger partial charge >= 0.3 is 5.25 Å². The number of nitrogens with one attached hydrogen (secondary N) is 1. The van der Waals surface area contributed by atoms with Crippen LogP contribution in [0, 0.1) is 5.41 Å². The second-order valence-corrected chi connectivity index (χ2v) is 11.8. The Morgan fingerprint density at radius 2 is 1.91 bits per heavy atom. The molecule has 0 amide bonds. The van der Waals surface area contributed by atoms with Crippen LogP contribution in [0.1, 0.15) is 49.5 Å². The Morgan fingerprint density at radius 1 is 1.21 bits per heavy atom. The summed E-state index contributed by atoms with van der Waals surface area (Å²) >= 11 is 5.87. The van der Waals surface area contributed by atoms with Crippen LogP contribution in [0.15, 0.2) is 17.3 Å². The molecule has 4 heterocycles. The Hall–Kier alpha value is -1.98. The predicted octanol–water partition coefficient (Wildman–Crippen LogP) is 2.89. The number of anilines is 2. The van der Waals surface area contributed by atoms with Crippen LogP contribution in [0.25, 0.3) is 0 Å². The van der Waals surface area contributed by atoms with E-state index in [0.717, 1.165) is 38.2 Å². The number of aliphatic hydroxyl groups excluding tert-OH is 1. The highest BCUT2D eigenvalue weighted by Gasteiger charge is 2.55. The predicted molar refractivity (Wildman–Crippen MR) is 118 cm³/mol. The van der Waals surface area contributed by atoms with Gasteiger partial charge in [0.25, 0.3) is 0 Å². The van der Waals surface area contributed by atoms with Crippen LogP contribution in [-0.4, -0.2) is 59.7 Å². The molecule has 2 aliphatic heterocycles. The summed E-state index contributed by atoms with van der Waals surface area (Å²) in [5.74, 6) is 1.62. The number of alkyl halides is 2. The first-order valence-corrected chi connectivity index (χ1v) is 12.6. The van der Waals surface area contributed by atoms with Crippen molar-refractivity contribution in [3.05, 3.63) is 28.9 Å². The zero-order valence-corrected chi connectivity index (χ0v) is 19.3. The van der Waals surface area contributed by atoms with Gasteiger partial charge in [-0.15, -0.1) is 0 Å². The van der Waals surface area contributed by atoms with E-state index in [1.807, 2.05) is 4.90 Å². The van der Waals surface area contributed by atoms with Crippen molar-refractivity contribution in [2.45, 2.75) is 60.1 Å². The van der Waals surface area contributed by atoms with Crippen LogP contribution in [0.2, 0.25) is 5.02 Å². The van der Waals surface area contributed by atoms with E-state index in [1.54, 1.807) is 12.4 Å². The Labute approximate surface area is 196 Å². The van der Waals surface area contributed by atoms with E-state index >= 15 is 0 Å². The lowest BCUT2D eigenvalue weighted by Crippen LogP contribution is -2.62. The molecule has 6 rings (SSSR count). The van der Waals surface area contributed by atoms with Gasteiger partial charge in [-0.2, -0.15) is 13.8 Å². The van der Waals surface area contributed by atoms with Crippen molar-refractivity contribution < 1.29 is 18.1 Å². The Kier molecular flexibility index (Phi) is 4.74. The minimum absolute atomic E-state index is 0.0256. The number of hydrogen-bond acceptors (Lipinski definition) is 8. The summed E-state index contributed by atoms with van der Waals surface area (Å²) in [6.45, 7) is 1.31. The second kappa shape index (κ2) is 7.26. The number of aliphatic hydroxyl groups is 1. The van der Waals surface area contributed by atoms with E-state index in [9.17, 15) is 18.1 Å². The molecule has 8 nitrogen and oxygen atoms in total. The summed E-state index contributed by atoms with van der Waals surface area (Å²) in [7, 11) is -2.52. The van der Waals surface area contributed by atoms with E-state index in [4.69, 9.17) is 11.6 Å². The minimum atomic E-state index is -3.37. The largest absolute Gasteiger partial charge is 0.394 e. The van der Waals surface area contributed by atoms with E-state index < -0.39 is 28.0 Å². The zero-order valence-electron chi connectivity index (χ0n) is 17.7. The fourth-order valence-corrected chi connectivity index (χ4v) is 6.74. The summed E-state index contributed by atoms with van der Waals surface area (Å²) in [6, 6.07) is 0. The number of aromatic nitrogens is 4. The average molecular weight is 497 g/mol. The monoisotopic (exact) mass is 496 g/mol. The molecule has 12 heteroatoms. The molecule has 4 aliphatic rings. The third-order valence-electron chi connectivity index (χ3n) is 7.45. The molecule has 2 aromatic rings. The summed E-state index contributed by atoms with van der Waals surface area (Å²) in [5.41, 5.74) is -0.353. The fraction of sp³-hybridized carbons (Fsp3) is 0.619. The van der Waals surface area contributed by atoms with E-state index in [2.05, 4.69) is 25.3 Å². The highest BCUT2D eigenvalue weighted by atomic mass is 35.5. The Balaban J connectivity index is 1.22. The van der Waals surface area contributed by atoms with Gasteiger partial charge in [-0.05, 0) is 32.1 Å². The molecule has 0 bridgehead atoms. The molecule has 176 valence electrons. The molecule has 2 aliphatic carbocycles. The summed E-state index contributed by atoms with van der Waals surface area (Å²) < 4.78 is 41.1. The number of fused-ring (bicyclic) bond motifs is 1. The first-order valence-electron chi connectivity index (χ1n) is 11.0. The lowest BCUT2D eigenvalue weighted by atomic mass is 9.57. The Morgan fingerprint density at radius 3 is 2.52 bits per heavy atom. The molecule has 0 radical (unpaired) electrons. The van der Waals surface area contributed by atoms with E-state index in [1.165, 1.54) is 0 Å². The molecule has 33 heavy (non-hydrogen) atoms. The van der Waals surface area contributed by atoms with Crippen molar-refractivity contribution in [2.24, 2.45) is 5.41 Å². The smallest absolute Gasteiger partial charge is 0.331 e. The van der Waals surface area contributed by atoms with Crippen LogP contribution in [-0.2, 0) is 17.2 Å². The van der Waals surface area contributed by atoms with Gasteiger partial charge in [-0.25, -0.2) is 19.2 Å². The molecule has 0 unspecified atom stereocenters. The molecule has 0 aromatic carbocycles. The van der Waals surface area contributed by atoms with Gasteiger partial charge in [0.2, 0.25) is 5.95 Å². The third kappa shape index (κ3) is 3.42. The maximum absolute atomic E-state index is 14.3. The van der Waals surface area contributed by atoms with Gasteiger partial charge in [-0.3, -0.25) is 0 Å². The van der Waals surface area contributed by atoms with Crippen molar-refractivity contribution in [1.29, 1.82) is 0 Å². The van der Waals surface area contributed by atoms with Crippen molar-refractivity contribution in [3.63, 3.8) is 0 Å². The first kappa shape index (κ1) is 21.5. The van der Waals surface area contributed by atoms with Gasteiger partial charge < -0.3 is 15.3 Å². The molecule has 1 spiro atoms. The average Bonchev–Trinajstić information content (AvgIpc) is 2.92. The molecule has 2 aromatic heterocycles. The Bertz CT molecular complexity index is 1130.